The van der Waals surface area contributed by atoms with Crippen LogP contribution in [0.4, 0.5) is 0 Å². The molecule has 17 heavy (non-hydrogen) atoms. The molecule has 3 fully saturated rings. The highest BCUT2D eigenvalue weighted by Gasteiger charge is 2.49. The molecule has 0 saturated heterocycles. The van der Waals surface area contributed by atoms with E-state index in [1.807, 2.05) is 0 Å². The van der Waals surface area contributed by atoms with Gasteiger partial charge in [-0.25, -0.2) is 0 Å². The molecule has 0 aliphatic heterocycles. The largest absolute Gasteiger partial charge is 0.481 e. The zero-order valence-electron chi connectivity index (χ0n) is 9.95. The van der Waals surface area contributed by atoms with E-state index >= 15 is 0 Å². The minimum Gasteiger partial charge on any atom is -0.481 e. The van der Waals surface area contributed by atoms with Gasteiger partial charge in [0, 0.05) is 5.92 Å². The molecule has 0 aromatic heterocycles. The van der Waals surface area contributed by atoms with Crippen molar-refractivity contribution in [2.75, 3.05) is 0 Å². The van der Waals surface area contributed by atoms with Gasteiger partial charge in [-0.3, -0.25) is 9.59 Å². The Labute approximate surface area is 101 Å². The topological polar surface area (TPSA) is 66.4 Å². The third kappa shape index (κ3) is 2.05. The van der Waals surface area contributed by atoms with Gasteiger partial charge in [-0.2, -0.15) is 0 Å². The average molecular weight is 237 g/mol. The van der Waals surface area contributed by atoms with E-state index in [2.05, 4.69) is 5.32 Å². The Hall–Kier alpha value is -1.06. The minimum absolute atomic E-state index is 0.0817. The first-order valence-electron chi connectivity index (χ1n) is 6.62. The van der Waals surface area contributed by atoms with Crippen molar-refractivity contribution in [3.63, 3.8) is 0 Å². The van der Waals surface area contributed by atoms with E-state index in [-0.39, 0.29) is 18.2 Å². The molecule has 2 unspecified atom stereocenters. The quantitative estimate of drug-likeness (QED) is 0.779. The van der Waals surface area contributed by atoms with E-state index in [0.717, 1.165) is 43.9 Å². The van der Waals surface area contributed by atoms with E-state index in [4.69, 9.17) is 5.11 Å². The normalized spacial score (nSPS) is 36.8. The highest BCUT2D eigenvalue weighted by atomic mass is 16.4. The van der Waals surface area contributed by atoms with Crippen LogP contribution in [-0.2, 0) is 9.59 Å². The molecule has 1 amide bonds. The van der Waals surface area contributed by atoms with Crippen molar-refractivity contribution in [3.8, 4) is 0 Å². The molecule has 0 bridgehead atoms. The van der Waals surface area contributed by atoms with Crippen LogP contribution in [0, 0.1) is 17.8 Å². The van der Waals surface area contributed by atoms with Crippen molar-refractivity contribution >= 4 is 11.9 Å². The van der Waals surface area contributed by atoms with Crippen LogP contribution in [-0.4, -0.2) is 22.5 Å². The molecule has 0 heterocycles. The zero-order chi connectivity index (χ0) is 12.0. The number of amides is 1. The zero-order valence-corrected chi connectivity index (χ0v) is 9.95. The van der Waals surface area contributed by atoms with Crippen LogP contribution in [0.1, 0.15) is 44.9 Å². The predicted octanol–water partition coefficient (Wildman–Crippen LogP) is 1.55. The molecule has 4 heteroatoms. The summed E-state index contributed by atoms with van der Waals surface area (Å²) in [6, 6.07) is 0. The van der Waals surface area contributed by atoms with E-state index in [9.17, 15) is 9.59 Å². The average Bonchev–Trinajstić information content (AvgIpc) is 2.81. The van der Waals surface area contributed by atoms with Crippen molar-refractivity contribution in [3.05, 3.63) is 0 Å². The summed E-state index contributed by atoms with van der Waals surface area (Å²) >= 11 is 0. The van der Waals surface area contributed by atoms with Gasteiger partial charge in [-0.1, -0.05) is 0 Å². The van der Waals surface area contributed by atoms with Gasteiger partial charge in [0.2, 0.25) is 5.91 Å². The van der Waals surface area contributed by atoms with Crippen molar-refractivity contribution in [2.45, 2.75) is 50.5 Å². The summed E-state index contributed by atoms with van der Waals surface area (Å²) in [5.74, 6) is 1.05. The fourth-order valence-electron chi connectivity index (χ4n) is 3.53. The maximum Gasteiger partial charge on any atom is 0.305 e. The summed E-state index contributed by atoms with van der Waals surface area (Å²) in [6.45, 7) is 0. The number of hydrogen-bond acceptors (Lipinski definition) is 2. The van der Waals surface area contributed by atoms with Crippen LogP contribution in [0.15, 0.2) is 0 Å². The van der Waals surface area contributed by atoms with Gasteiger partial charge in [0.05, 0.1) is 12.0 Å². The molecule has 3 aliphatic rings. The van der Waals surface area contributed by atoms with Crippen LogP contribution in [0.25, 0.3) is 0 Å². The molecule has 2 atom stereocenters. The van der Waals surface area contributed by atoms with Crippen LogP contribution in [0.3, 0.4) is 0 Å². The molecule has 4 nitrogen and oxygen atoms in total. The van der Waals surface area contributed by atoms with Crippen LogP contribution >= 0.6 is 0 Å². The molecular formula is C13H19NO3. The first-order valence-corrected chi connectivity index (χ1v) is 6.62. The van der Waals surface area contributed by atoms with Gasteiger partial charge in [-0.15, -0.1) is 0 Å². The maximum absolute atomic E-state index is 12.1. The molecule has 3 aliphatic carbocycles. The monoisotopic (exact) mass is 237 g/mol. The van der Waals surface area contributed by atoms with Gasteiger partial charge in [0.25, 0.3) is 0 Å². The molecule has 2 N–H and O–H groups in total. The summed E-state index contributed by atoms with van der Waals surface area (Å²) in [6.07, 6.45) is 6.13. The van der Waals surface area contributed by atoms with Crippen molar-refractivity contribution in [1.29, 1.82) is 0 Å². The Balaban J connectivity index is 1.57. The van der Waals surface area contributed by atoms with Gasteiger partial charge in [-0.05, 0) is 50.4 Å². The standard InChI is InChI=1S/C13H19NO3/c15-11(16)7-13(2-1-3-13)14-12(17)10-5-8-4-9(8)6-10/h8-10H,1-7H2,(H,14,17)(H,15,16). The molecule has 94 valence electrons. The second-order valence-corrected chi connectivity index (χ2v) is 6.12. The Morgan fingerprint density at radius 2 is 1.82 bits per heavy atom. The lowest BCUT2D eigenvalue weighted by Gasteiger charge is -2.42. The van der Waals surface area contributed by atoms with E-state index in [1.165, 1.54) is 6.42 Å². The predicted molar refractivity (Wildman–Crippen MR) is 61.3 cm³/mol. The summed E-state index contributed by atoms with van der Waals surface area (Å²) in [4.78, 5) is 22.9. The van der Waals surface area contributed by atoms with Crippen LogP contribution in [0.5, 0.6) is 0 Å². The van der Waals surface area contributed by atoms with Gasteiger partial charge in [0.15, 0.2) is 0 Å². The Morgan fingerprint density at radius 1 is 1.18 bits per heavy atom. The summed E-state index contributed by atoms with van der Waals surface area (Å²) in [5.41, 5.74) is -0.421. The number of carboxylic acid groups (broad SMARTS) is 1. The van der Waals surface area contributed by atoms with E-state index < -0.39 is 11.5 Å². The van der Waals surface area contributed by atoms with Crippen molar-refractivity contribution in [1.82, 2.24) is 5.32 Å². The number of carboxylic acids is 1. The maximum atomic E-state index is 12.1. The van der Waals surface area contributed by atoms with Crippen LogP contribution < -0.4 is 5.32 Å². The lowest BCUT2D eigenvalue weighted by Crippen LogP contribution is -2.56. The minimum atomic E-state index is -0.806. The van der Waals surface area contributed by atoms with E-state index in [0.29, 0.717) is 0 Å². The fraction of sp³-hybridized carbons (Fsp3) is 0.846. The molecule has 3 rings (SSSR count). The number of nitrogens with one attached hydrogen (secondary N) is 1. The second kappa shape index (κ2) is 3.72. The Morgan fingerprint density at radius 3 is 2.29 bits per heavy atom. The van der Waals surface area contributed by atoms with Crippen molar-refractivity contribution in [2.24, 2.45) is 17.8 Å². The molecule has 0 spiro atoms. The smallest absolute Gasteiger partial charge is 0.305 e. The summed E-state index contributed by atoms with van der Waals surface area (Å²) < 4.78 is 0. The third-order valence-electron chi connectivity index (χ3n) is 4.80. The number of carbonyl (C=O) groups is 2. The summed E-state index contributed by atoms with van der Waals surface area (Å²) in [7, 11) is 0. The Kier molecular flexibility index (Phi) is 2.42. The second-order valence-electron chi connectivity index (χ2n) is 6.12. The highest BCUT2D eigenvalue weighted by molar-refractivity contribution is 5.81. The number of carbonyl (C=O) groups excluding carboxylic acids is 1. The number of rotatable bonds is 4. The number of fused-ring (bicyclic) bond motifs is 1. The lowest BCUT2D eigenvalue weighted by atomic mass is 9.74. The van der Waals surface area contributed by atoms with E-state index in [1.54, 1.807) is 0 Å². The lowest BCUT2D eigenvalue weighted by molar-refractivity contribution is -0.140. The van der Waals surface area contributed by atoms with Crippen LogP contribution in [0.2, 0.25) is 0 Å². The molecular weight excluding hydrogens is 218 g/mol. The fourth-order valence-corrected chi connectivity index (χ4v) is 3.53. The highest BCUT2D eigenvalue weighted by Crippen LogP contribution is 2.54. The number of hydrogen-bond donors (Lipinski definition) is 2. The Bertz CT molecular complexity index is 352. The first-order chi connectivity index (χ1) is 8.08. The van der Waals surface area contributed by atoms with Gasteiger partial charge >= 0.3 is 5.97 Å². The number of aliphatic carboxylic acids is 1. The molecule has 3 saturated carbocycles. The molecule has 0 aromatic rings. The van der Waals surface area contributed by atoms with Gasteiger partial charge in [0.1, 0.15) is 0 Å². The third-order valence-corrected chi connectivity index (χ3v) is 4.80. The first kappa shape index (κ1) is 11.1. The molecule has 0 aromatic carbocycles. The van der Waals surface area contributed by atoms with Crippen molar-refractivity contribution < 1.29 is 14.7 Å². The van der Waals surface area contributed by atoms with Gasteiger partial charge < -0.3 is 10.4 Å². The summed E-state index contributed by atoms with van der Waals surface area (Å²) in [5, 5.41) is 11.9. The SMILES string of the molecule is O=C(O)CC1(NC(=O)C2CC3CC3C2)CCC1. The molecule has 0 radical (unpaired) electrons.